The zero-order valence-corrected chi connectivity index (χ0v) is 13.2. The predicted molar refractivity (Wildman–Crippen MR) is 84.6 cm³/mol. The van der Waals surface area contributed by atoms with Crippen LogP contribution in [0, 0.1) is 19.8 Å². The maximum Gasteiger partial charge on any atom is 0.321 e. The molecule has 21 heavy (non-hydrogen) atoms. The van der Waals surface area contributed by atoms with Gasteiger partial charge in [0.2, 0.25) is 0 Å². The molecule has 1 heterocycles. The van der Waals surface area contributed by atoms with Crippen molar-refractivity contribution in [1.29, 1.82) is 0 Å². The Morgan fingerprint density at radius 2 is 1.67 bits per heavy atom. The van der Waals surface area contributed by atoms with Crippen LogP contribution >= 0.6 is 0 Å². The van der Waals surface area contributed by atoms with E-state index in [-0.39, 0.29) is 0 Å². The molecule has 1 aromatic carbocycles. The lowest BCUT2D eigenvalue weighted by atomic mass is 10.1. The molecule has 1 N–H and O–H groups in total. The van der Waals surface area contributed by atoms with Crippen LogP contribution in [0.4, 0.5) is 0 Å². The monoisotopic (exact) mass is 285 g/mol. The highest BCUT2D eigenvalue weighted by Gasteiger charge is 2.03. The van der Waals surface area contributed by atoms with Crippen LogP contribution in [-0.2, 0) is 6.54 Å². The number of ether oxygens (including phenoxy) is 1. The molecular formula is C17H23N3O. The van der Waals surface area contributed by atoms with Gasteiger partial charge in [-0.25, -0.2) is 9.97 Å². The van der Waals surface area contributed by atoms with Crippen molar-refractivity contribution in [2.75, 3.05) is 6.54 Å². The van der Waals surface area contributed by atoms with Crippen molar-refractivity contribution in [3.05, 3.63) is 47.3 Å². The first kappa shape index (κ1) is 15.4. The van der Waals surface area contributed by atoms with E-state index in [1.165, 1.54) is 11.1 Å². The van der Waals surface area contributed by atoms with Crippen LogP contribution in [0.1, 0.15) is 30.5 Å². The molecule has 1 aromatic heterocycles. The van der Waals surface area contributed by atoms with Crippen molar-refractivity contribution < 1.29 is 4.74 Å². The van der Waals surface area contributed by atoms with Crippen LogP contribution in [0.15, 0.2) is 30.6 Å². The number of benzene rings is 1. The van der Waals surface area contributed by atoms with E-state index in [0.717, 1.165) is 24.4 Å². The van der Waals surface area contributed by atoms with E-state index in [1.807, 2.05) is 26.0 Å². The molecular weight excluding hydrogens is 262 g/mol. The third kappa shape index (κ3) is 5.16. The summed E-state index contributed by atoms with van der Waals surface area (Å²) in [4.78, 5) is 8.52. The predicted octanol–water partition coefficient (Wildman–Crippen LogP) is 3.63. The molecule has 2 aromatic rings. The molecule has 0 atom stereocenters. The summed E-state index contributed by atoms with van der Waals surface area (Å²) in [5.74, 6) is 1.41. The highest BCUT2D eigenvalue weighted by molar-refractivity contribution is 5.34. The number of hydrogen-bond donors (Lipinski definition) is 1. The van der Waals surface area contributed by atoms with E-state index in [1.54, 1.807) is 12.4 Å². The lowest BCUT2D eigenvalue weighted by molar-refractivity contribution is 0.439. The van der Waals surface area contributed by atoms with Crippen LogP contribution in [-0.4, -0.2) is 16.5 Å². The first-order valence-electron chi connectivity index (χ1n) is 7.30. The number of nitrogens with one attached hydrogen (secondary N) is 1. The Morgan fingerprint density at radius 3 is 2.24 bits per heavy atom. The zero-order valence-electron chi connectivity index (χ0n) is 13.2. The van der Waals surface area contributed by atoms with Gasteiger partial charge in [-0.2, -0.15) is 0 Å². The largest absolute Gasteiger partial charge is 0.424 e. The number of aryl methyl sites for hydroxylation is 2. The fraction of sp³-hybridized carbons (Fsp3) is 0.412. The number of aromatic nitrogens is 2. The SMILES string of the molecule is Cc1cc(C)cc(Oc2ncc(CNCC(C)C)cn2)c1. The second kappa shape index (κ2) is 7.18. The molecule has 0 aliphatic rings. The molecule has 0 amide bonds. The molecule has 4 heteroatoms. The fourth-order valence-electron chi connectivity index (χ4n) is 2.09. The van der Waals surface area contributed by atoms with Crippen LogP contribution in [0.5, 0.6) is 11.8 Å². The van der Waals surface area contributed by atoms with Gasteiger partial charge in [-0.05, 0) is 49.6 Å². The Morgan fingerprint density at radius 1 is 1.05 bits per heavy atom. The standard InChI is InChI=1S/C17H23N3O/c1-12(2)8-18-9-15-10-19-17(20-11-15)21-16-6-13(3)5-14(4)7-16/h5-7,10-12,18H,8-9H2,1-4H3. The maximum atomic E-state index is 5.70. The Balaban J connectivity index is 1.95. The van der Waals surface area contributed by atoms with Gasteiger partial charge in [-0.1, -0.05) is 19.9 Å². The van der Waals surface area contributed by atoms with Crippen molar-refractivity contribution in [3.8, 4) is 11.8 Å². The van der Waals surface area contributed by atoms with E-state index in [4.69, 9.17) is 4.74 Å². The Bertz CT molecular complexity index is 559. The highest BCUT2D eigenvalue weighted by Crippen LogP contribution is 2.20. The van der Waals surface area contributed by atoms with E-state index >= 15 is 0 Å². The molecule has 0 fully saturated rings. The summed E-state index contributed by atoms with van der Waals surface area (Å²) < 4.78 is 5.70. The van der Waals surface area contributed by atoms with E-state index in [0.29, 0.717) is 11.9 Å². The molecule has 0 unspecified atom stereocenters. The normalized spacial score (nSPS) is 10.9. The topological polar surface area (TPSA) is 47.0 Å². The summed E-state index contributed by atoms with van der Waals surface area (Å²) in [6.07, 6.45) is 3.61. The van der Waals surface area contributed by atoms with Crippen LogP contribution in [0.3, 0.4) is 0 Å². The first-order valence-corrected chi connectivity index (χ1v) is 7.30. The Labute approximate surface area is 126 Å². The van der Waals surface area contributed by atoms with Crippen molar-refractivity contribution in [1.82, 2.24) is 15.3 Å². The molecule has 2 rings (SSSR count). The Kier molecular flexibility index (Phi) is 5.28. The zero-order chi connectivity index (χ0) is 15.2. The smallest absolute Gasteiger partial charge is 0.321 e. The minimum atomic E-state index is 0.382. The Hall–Kier alpha value is -1.94. The van der Waals surface area contributed by atoms with Crippen LogP contribution < -0.4 is 10.1 Å². The number of rotatable bonds is 6. The summed E-state index contributed by atoms with van der Waals surface area (Å²) in [5.41, 5.74) is 3.39. The summed E-state index contributed by atoms with van der Waals surface area (Å²) in [7, 11) is 0. The third-order valence-electron chi connectivity index (χ3n) is 2.97. The van der Waals surface area contributed by atoms with Gasteiger partial charge in [0.15, 0.2) is 0 Å². The number of nitrogens with zero attached hydrogens (tertiary/aromatic N) is 2. The van der Waals surface area contributed by atoms with Crippen molar-refractivity contribution in [2.45, 2.75) is 34.2 Å². The maximum absolute atomic E-state index is 5.70. The van der Waals surface area contributed by atoms with Crippen molar-refractivity contribution >= 4 is 0 Å². The van der Waals surface area contributed by atoms with Gasteiger partial charge >= 0.3 is 6.01 Å². The highest BCUT2D eigenvalue weighted by atomic mass is 16.5. The quantitative estimate of drug-likeness (QED) is 0.880. The molecule has 0 radical (unpaired) electrons. The minimum Gasteiger partial charge on any atom is -0.424 e. The summed E-state index contributed by atoms with van der Waals surface area (Å²) in [6, 6.07) is 6.45. The molecule has 0 aliphatic carbocycles. The van der Waals surface area contributed by atoms with Gasteiger partial charge in [0.05, 0.1) is 0 Å². The van der Waals surface area contributed by atoms with Crippen molar-refractivity contribution in [3.63, 3.8) is 0 Å². The fourth-order valence-corrected chi connectivity index (χ4v) is 2.09. The molecule has 0 aliphatic heterocycles. The average Bonchev–Trinajstić information content (AvgIpc) is 2.39. The molecule has 0 bridgehead atoms. The summed E-state index contributed by atoms with van der Waals surface area (Å²) in [6.45, 7) is 10.2. The van der Waals surface area contributed by atoms with Crippen LogP contribution in [0.2, 0.25) is 0 Å². The van der Waals surface area contributed by atoms with Gasteiger partial charge in [0.25, 0.3) is 0 Å². The molecule has 112 valence electrons. The molecule has 4 nitrogen and oxygen atoms in total. The second-order valence-electron chi connectivity index (χ2n) is 5.82. The van der Waals surface area contributed by atoms with Gasteiger partial charge in [0, 0.05) is 24.5 Å². The molecule has 0 saturated heterocycles. The summed E-state index contributed by atoms with van der Waals surface area (Å²) >= 11 is 0. The second-order valence-corrected chi connectivity index (χ2v) is 5.82. The lowest BCUT2D eigenvalue weighted by Gasteiger charge is -2.08. The third-order valence-corrected chi connectivity index (χ3v) is 2.97. The van der Waals surface area contributed by atoms with E-state index in [9.17, 15) is 0 Å². The minimum absolute atomic E-state index is 0.382. The van der Waals surface area contributed by atoms with E-state index in [2.05, 4.69) is 35.2 Å². The first-order chi connectivity index (χ1) is 10.0. The van der Waals surface area contributed by atoms with Crippen molar-refractivity contribution in [2.24, 2.45) is 5.92 Å². The van der Waals surface area contributed by atoms with Gasteiger partial charge in [-0.3, -0.25) is 0 Å². The van der Waals surface area contributed by atoms with Gasteiger partial charge < -0.3 is 10.1 Å². The molecule has 0 saturated carbocycles. The van der Waals surface area contributed by atoms with Gasteiger partial charge in [0.1, 0.15) is 5.75 Å². The summed E-state index contributed by atoms with van der Waals surface area (Å²) in [5, 5.41) is 3.36. The average molecular weight is 285 g/mol. The number of hydrogen-bond acceptors (Lipinski definition) is 4. The lowest BCUT2D eigenvalue weighted by Crippen LogP contribution is -2.19. The van der Waals surface area contributed by atoms with Crippen LogP contribution in [0.25, 0.3) is 0 Å². The van der Waals surface area contributed by atoms with E-state index < -0.39 is 0 Å². The molecule has 0 spiro atoms. The van der Waals surface area contributed by atoms with Gasteiger partial charge in [-0.15, -0.1) is 0 Å².